The fourth-order valence-corrected chi connectivity index (χ4v) is 1.37. The average molecular weight is 294 g/mol. The number of nitrogens with zero attached hydrogens (tertiary/aromatic N) is 3. The van der Waals surface area contributed by atoms with Crippen molar-refractivity contribution in [3.8, 4) is 0 Å². The van der Waals surface area contributed by atoms with E-state index in [1.807, 2.05) is 4.90 Å². The molecule has 1 aliphatic rings. The summed E-state index contributed by atoms with van der Waals surface area (Å²) >= 11 is 0. The van der Waals surface area contributed by atoms with Crippen LogP contribution in [-0.4, -0.2) is 43.0 Å². The highest BCUT2D eigenvalue weighted by atomic mass is 79.9. The Morgan fingerprint density at radius 1 is 1.38 bits per heavy atom. The van der Waals surface area contributed by atoms with E-state index in [0.717, 1.165) is 13.1 Å². The smallest absolute Gasteiger partial charge is 0.266 e. The number of ether oxygens (including phenoxy) is 1. The van der Waals surface area contributed by atoms with E-state index in [1.54, 1.807) is 0 Å². The molecule has 0 saturated carbocycles. The summed E-state index contributed by atoms with van der Waals surface area (Å²) in [4.78, 5) is 6.19. The second-order valence-electron chi connectivity index (χ2n) is 3.37. The fourth-order valence-electron chi connectivity index (χ4n) is 1.37. The fraction of sp³-hybridized carbons (Fsp3) is 0.750. The minimum absolute atomic E-state index is 0. The molecule has 4 N–H and O–H groups in total. The van der Waals surface area contributed by atoms with Crippen LogP contribution in [0.1, 0.15) is 11.9 Å². The van der Waals surface area contributed by atoms with Gasteiger partial charge in [0.05, 0.1) is 19.3 Å². The highest BCUT2D eigenvalue weighted by molar-refractivity contribution is 8.93. The number of nitrogens with two attached hydrogens (primary N) is 2. The zero-order valence-electron chi connectivity index (χ0n) is 8.83. The van der Waals surface area contributed by atoms with Crippen LogP contribution in [0.4, 0.5) is 5.95 Å². The molecule has 0 aromatic carbocycles. The molecular weight excluding hydrogens is 278 g/mol. The molecule has 8 heteroatoms. The first-order valence-electron chi connectivity index (χ1n) is 4.93. The topological polar surface area (TPSA) is 103 Å². The van der Waals surface area contributed by atoms with Gasteiger partial charge in [-0.25, -0.2) is 0 Å². The van der Waals surface area contributed by atoms with E-state index < -0.39 is 0 Å². The van der Waals surface area contributed by atoms with Gasteiger partial charge in [-0.15, -0.1) is 17.0 Å². The summed E-state index contributed by atoms with van der Waals surface area (Å²) < 4.78 is 10.2. The number of hydrogen-bond donors (Lipinski definition) is 2. The zero-order chi connectivity index (χ0) is 10.7. The number of morpholine rings is 1. The van der Waals surface area contributed by atoms with Gasteiger partial charge in [0.15, 0.2) is 0 Å². The lowest BCUT2D eigenvalue weighted by Crippen LogP contribution is -2.37. The third-order valence-corrected chi connectivity index (χ3v) is 2.30. The van der Waals surface area contributed by atoms with E-state index in [1.165, 1.54) is 0 Å². The number of anilines is 1. The van der Waals surface area contributed by atoms with E-state index in [-0.39, 0.29) is 23.0 Å². The van der Waals surface area contributed by atoms with Gasteiger partial charge >= 0.3 is 0 Å². The number of rotatable bonds is 3. The highest BCUT2D eigenvalue weighted by Gasteiger charge is 2.19. The molecule has 0 aliphatic carbocycles. The molecule has 1 aromatic heterocycles. The van der Waals surface area contributed by atoms with Gasteiger partial charge in [0.25, 0.3) is 5.95 Å². The van der Waals surface area contributed by atoms with Crippen molar-refractivity contribution in [1.82, 2.24) is 10.1 Å². The summed E-state index contributed by atoms with van der Waals surface area (Å²) in [6.45, 7) is 3.22. The van der Waals surface area contributed by atoms with Crippen LogP contribution in [0, 0.1) is 0 Å². The van der Waals surface area contributed by atoms with Crippen molar-refractivity contribution < 1.29 is 9.26 Å². The second kappa shape index (κ2) is 6.14. The van der Waals surface area contributed by atoms with E-state index >= 15 is 0 Å². The van der Waals surface area contributed by atoms with Crippen LogP contribution in [0.15, 0.2) is 4.52 Å². The third kappa shape index (κ3) is 2.91. The molecule has 1 saturated heterocycles. The van der Waals surface area contributed by atoms with Crippen molar-refractivity contribution in [1.29, 1.82) is 0 Å². The first-order valence-corrected chi connectivity index (χ1v) is 4.93. The van der Waals surface area contributed by atoms with Gasteiger partial charge in [-0.3, -0.25) is 0 Å². The average Bonchev–Trinajstić information content (AvgIpc) is 2.78. The van der Waals surface area contributed by atoms with E-state index in [2.05, 4.69) is 10.1 Å². The Bertz CT molecular complexity index is 315. The van der Waals surface area contributed by atoms with Gasteiger partial charge in [0.2, 0.25) is 5.89 Å². The number of hydrogen-bond acceptors (Lipinski definition) is 7. The van der Waals surface area contributed by atoms with Crippen LogP contribution in [0.2, 0.25) is 0 Å². The Hall–Kier alpha value is -0.700. The summed E-state index contributed by atoms with van der Waals surface area (Å²) in [5, 5.41) is 3.86. The van der Waals surface area contributed by atoms with E-state index in [9.17, 15) is 0 Å². The molecule has 16 heavy (non-hydrogen) atoms. The molecule has 1 fully saturated rings. The lowest BCUT2D eigenvalue weighted by Gasteiger charge is -2.24. The van der Waals surface area contributed by atoms with Gasteiger partial charge in [0, 0.05) is 19.6 Å². The summed E-state index contributed by atoms with van der Waals surface area (Å²) in [5.41, 5.74) is 11.1. The summed E-state index contributed by atoms with van der Waals surface area (Å²) in [5.74, 6) is 0.955. The maximum atomic E-state index is 5.67. The van der Waals surface area contributed by atoms with Gasteiger partial charge in [-0.05, 0) is 5.16 Å². The molecule has 0 amide bonds. The Morgan fingerprint density at radius 3 is 2.69 bits per heavy atom. The van der Waals surface area contributed by atoms with Gasteiger partial charge in [-0.1, -0.05) is 0 Å². The molecular formula is C8H16BrN5O2. The predicted octanol–water partition coefficient (Wildman–Crippen LogP) is -0.557. The molecule has 1 unspecified atom stereocenters. The number of halogens is 1. The minimum atomic E-state index is -0.382. The molecule has 0 bridgehead atoms. The Labute approximate surface area is 104 Å². The van der Waals surface area contributed by atoms with Crippen molar-refractivity contribution in [2.75, 3.05) is 37.7 Å². The highest BCUT2D eigenvalue weighted by Crippen LogP contribution is 2.14. The van der Waals surface area contributed by atoms with E-state index in [0.29, 0.717) is 31.6 Å². The maximum Gasteiger partial charge on any atom is 0.266 e. The predicted molar refractivity (Wildman–Crippen MR) is 63.6 cm³/mol. The molecule has 1 aliphatic heterocycles. The molecule has 2 heterocycles. The van der Waals surface area contributed by atoms with Crippen molar-refractivity contribution in [3.63, 3.8) is 0 Å². The van der Waals surface area contributed by atoms with Crippen LogP contribution in [0.5, 0.6) is 0 Å². The maximum absolute atomic E-state index is 5.67. The molecule has 1 aromatic rings. The number of aromatic nitrogens is 2. The van der Waals surface area contributed by atoms with Crippen molar-refractivity contribution in [2.24, 2.45) is 11.5 Å². The Kier molecular flexibility index (Phi) is 5.13. The van der Waals surface area contributed by atoms with Crippen molar-refractivity contribution in [2.45, 2.75) is 6.04 Å². The normalized spacial score (nSPS) is 18.0. The largest absolute Gasteiger partial charge is 0.378 e. The SMILES string of the molecule is Br.NCC(N)c1nc(N2CCOCC2)no1. The first-order chi connectivity index (χ1) is 7.31. The van der Waals surface area contributed by atoms with E-state index in [4.69, 9.17) is 20.7 Å². The van der Waals surface area contributed by atoms with Crippen LogP contribution in [0.25, 0.3) is 0 Å². The standard InChI is InChI=1S/C8H15N5O2.BrH/c9-5-6(10)7-11-8(12-15-7)13-1-3-14-4-2-13;/h6H,1-5,9-10H2;1H. The molecule has 2 rings (SSSR count). The Balaban J connectivity index is 0.00000128. The lowest BCUT2D eigenvalue weighted by molar-refractivity contribution is 0.121. The molecule has 7 nitrogen and oxygen atoms in total. The van der Waals surface area contributed by atoms with Crippen LogP contribution < -0.4 is 16.4 Å². The first kappa shape index (κ1) is 13.4. The van der Waals surface area contributed by atoms with Gasteiger partial charge < -0.3 is 25.6 Å². The quantitative estimate of drug-likeness (QED) is 0.770. The zero-order valence-corrected chi connectivity index (χ0v) is 10.5. The minimum Gasteiger partial charge on any atom is -0.378 e. The van der Waals surface area contributed by atoms with Crippen LogP contribution in [0.3, 0.4) is 0 Å². The van der Waals surface area contributed by atoms with Crippen molar-refractivity contribution >= 4 is 22.9 Å². The van der Waals surface area contributed by atoms with Gasteiger partial charge in [-0.2, -0.15) is 4.98 Å². The van der Waals surface area contributed by atoms with Crippen LogP contribution >= 0.6 is 17.0 Å². The molecule has 92 valence electrons. The second-order valence-corrected chi connectivity index (χ2v) is 3.37. The van der Waals surface area contributed by atoms with Crippen LogP contribution in [-0.2, 0) is 4.74 Å². The molecule has 1 atom stereocenters. The lowest BCUT2D eigenvalue weighted by atomic mass is 10.3. The molecule has 0 radical (unpaired) electrons. The monoisotopic (exact) mass is 293 g/mol. The van der Waals surface area contributed by atoms with Gasteiger partial charge in [0.1, 0.15) is 0 Å². The third-order valence-electron chi connectivity index (χ3n) is 2.30. The summed E-state index contributed by atoms with van der Waals surface area (Å²) in [6, 6.07) is -0.382. The van der Waals surface area contributed by atoms with Crippen molar-refractivity contribution in [3.05, 3.63) is 5.89 Å². The summed E-state index contributed by atoms with van der Waals surface area (Å²) in [6.07, 6.45) is 0. The molecule has 0 spiro atoms. The summed E-state index contributed by atoms with van der Waals surface area (Å²) in [7, 11) is 0. The Morgan fingerprint density at radius 2 is 2.06 bits per heavy atom.